The van der Waals surface area contributed by atoms with Crippen molar-refractivity contribution in [1.29, 1.82) is 0 Å². The third-order valence-electron chi connectivity index (χ3n) is 4.19. The molecule has 0 spiro atoms. The minimum atomic E-state index is -0.995. The molecule has 2 aromatic rings. The highest BCUT2D eigenvalue weighted by Gasteiger charge is 2.49. The zero-order chi connectivity index (χ0) is 13.7. The van der Waals surface area contributed by atoms with E-state index in [1.807, 2.05) is 0 Å². The van der Waals surface area contributed by atoms with Gasteiger partial charge >= 0.3 is 0 Å². The Balaban J connectivity index is 2.12. The zero-order valence-corrected chi connectivity index (χ0v) is 11.9. The Kier molecular flexibility index (Phi) is 2.91. The summed E-state index contributed by atoms with van der Waals surface area (Å²) in [5.41, 5.74) is -0.619. The van der Waals surface area contributed by atoms with E-state index in [1.165, 1.54) is 12.1 Å². The van der Waals surface area contributed by atoms with Gasteiger partial charge in [-0.25, -0.2) is 4.39 Å². The number of aliphatic hydroxyl groups is 1. The molecule has 2 heterocycles. The number of hydrogen-bond acceptors (Lipinski definition) is 3. The molecule has 1 N–H and O–H groups in total. The molecule has 1 atom stereocenters. The highest BCUT2D eigenvalue weighted by Crippen LogP contribution is 2.49. The number of halogens is 1. The Bertz CT molecular complexity index is 620. The lowest BCUT2D eigenvalue weighted by Crippen LogP contribution is -2.47. The van der Waals surface area contributed by atoms with Gasteiger partial charge in [0.05, 0.1) is 0 Å². The maximum atomic E-state index is 13.2. The van der Waals surface area contributed by atoms with Crippen LogP contribution < -0.4 is 0 Å². The summed E-state index contributed by atoms with van der Waals surface area (Å²) >= 11 is 1.73. The predicted molar refractivity (Wildman–Crippen MR) is 75.8 cm³/mol. The third-order valence-corrected chi connectivity index (χ3v) is 5.30. The first-order chi connectivity index (χ1) is 8.92. The molecule has 0 saturated carbocycles. The quantitative estimate of drug-likeness (QED) is 0.859. The largest absolute Gasteiger partial charge is 0.458 e. The first-order valence-corrected chi connectivity index (χ1v) is 7.58. The fraction of sp³-hybridized carbons (Fsp3) is 0.467. The van der Waals surface area contributed by atoms with E-state index >= 15 is 0 Å². The van der Waals surface area contributed by atoms with E-state index in [9.17, 15) is 9.50 Å². The van der Waals surface area contributed by atoms with E-state index in [0.29, 0.717) is 22.5 Å². The van der Waals surface area contributed by atoms with Gasteiger partial charge in [-0.15, -0.1) is 0 Å². The summed E-state index contributed by atoms with van der Waals surface area (Å²) in [7, 11) is 0. The van der Waals surface area contributed by atoms with Gasteiger partial charge in [-0.1, -0.05) is 13.8 Å². The van der Waals surface area contributed by atoms with Crippen molar-refractivity contribution in [2.75, 3.05) is 11.5 Å². The Labute approximate surface area is 116 Å². The van der Waals surface area contributed by atoms with Gasteiger partial charge in [0, 0.05) is 16.6 Å². The monoisotopic (exact) mass is 280 g/mol. The van der Waals surface area contributed by atoms with Crippen LogP contribution in [0, 0.1) is 11.2 Å². The molecule has 1 aliphatic heterocycles. The van der Waals surface area contributed by atoms with Crippen molar-refractivity contribution in [2.24, 2.45) is 5.41 Å². The number of hydrogen-bond donors (Lipinski definition) is 1. The van der Waals surface area contributed by atoms with Crippen molar-refractivity contribution >= 4 is 22.7 Å². The van der Waals surface area contributed by atoms with Crippen molar-refractivity contribution in [3.8, 4) is 0 Å². The van der Waals surface area contributed by atoms with Crippen LogP contribution in [0.1, 0.15) is 26.0 Å². The van der Waals surface area contributed by atoms with E-state index < -0.39 is 5.60 Å². The first-order valence-electron chi connectivity index (χ1n) is 6.42. The lowest BCUT2D eigenvalue weighted by atomic mass is 9.72. The molecular weight excluding hydrogens is 263 g/mol. The van der Waals surface area contributed by atoms with E-state index in [-0.39, 0.29) is 11.2 Å². The van der Waals surface area contributed by atoms with Crippen LogP contribution in [0.2, 0.25) is 0 Å². The molecule has 19 heavy (non-hydrogen) atoms. The molecule has 1 aromatic heterocycles. The van der Waals surface area contributed by atoms with Gasteiger partial charge in [-0.2, -0.15) is 11.8 Å². The van der Waals surface area contributed by atoms with Crippen molar-refractivity contribution in [1.82, 2.24) is 0 Å². The summed E-state index contributed by atoms with van der Waals surface area (Å²) in [4.78, 5) is 0. The minimum absolute atomic E-state index is 0.245. The molecule has 1 fully saturated rings. The average Bonchev–Trinajstić information content (AvgIpc) is 2.76. The standard InChI is InChI=1S/C15H17FO2S/c1-14(2)5-6-19-9-15(14,17)13-8-10-7-11(16)3-4-12(10)18-13/h3-4,7-8,17H,5-6,9H2,1-2H3. The van der Waals surface area contributed by atoms with Crippen LogP contribution in [0.3, 0.4) is 0 Å². The van der Waals surface area contributed by atoms with Crippen molar-refractivity contribution in [3.05, 3.63) is 35.8 Å². The molecule has 3 rings (SSSR count). The normalized spacial score (nSPS) is 26.7. The van der Waals surface area contributed by atoms with Crippen LogP contribution >= 0.6 is 11.8 Å². The van der Waals surface area contributed by atoms with E-state index in [1.54, 1.807) is 23.9 Å². The lowest BCUT2D eigenvalue weighted by molar-refractivity contribution is -0.0727. The van der Waals surface area contributed by atoms with Gasteiger partial charge < -0.3 is 9.52 Å². The third kappa shape index (κ3) is 1.98. The SMILES string of the molecule is CC1(C)CCSCC1(O)c1cc2cc(F)ccc2o1. The Morgan fingerprint density at radius 2 is 2.11 bits per heavy atom. The lowest BCUT2D eigenvalue weighted by Gasteiger charge is -2.44. The molecule has 4 heteroatoms. The Hall–Kier alpha value is -1.00. The Morgan fingerprint density at radius 3 is 2.84 bits per heavy atom. The van der Waals surface area contributed by atoms with E-state index in [2.05, 4.69) is 13.8 Å². The maximum Gasteiger partial charge on any atom is 0.138 e. The van der Waals surface area contributed by atoms with Crippen molar-refractivity contribution in [3.63, 3.8) is 0 Å². The molecular formula is C15H17FO2S. The molecule has 0 aliphatic carbocycles. The van der Waals surface area contributed by atoms with Gasteiger partial charge in [-0.05, 0) is 36.4 Å². The van der Waals surface area contributed by atoms with Gasteiger partial charge in [0.2, 0.25) is 0 Å². The summed E-state index contributed by atoms with van der Waals surface area (Å²) in [6, 6.07) is 6.20. The minimum Gasteiger partial charge on any atom is -0.458 e. The molecule has 1 aliphatic rings. The van der Waals surface area contributed by atoms with E-state index in [0.717, 1.165) is 12.2 Å². The fourth-order valence-corrected chi connectivity index (χ4v) is 4.20. The molecule has 0 radical (unpaired) electrons. The topological polar surface area (TPSA) is 33.4 Å². The van der Waals surface area contributed by atoms with Crippen molar-refractivity contribution < 1.29 is 13.9 Å². The summed E-state index contributed by atoms with van der Waals surface area (Å²) in [5.74, 6) is 1.92. The van der Waals surface area contributed by atoms with Crippen LogP contribution in [-0.2, 0) is 5.60 Å². The smallest absolute Gasteiger partial charge is 0.138 e. The molecule has 1 unspecified atom stereocenters. The van der Waals surface area contributed by atoms with Gasteiger partial charge in [0.1, 0.15) is 22.8 Å². The second-order valence-electron chi connectivity index (χ2n) is 5.84. The van der Waals surface area contributed by atoms with E-state index in [4.69, 9.17) is 4.42 Å². The number of rotatable bonds is 1. The second-order valence-corrected chi connectivity index (χ2v) is 6.94. The van der Waals surface area contributed by atoms with Gasteiger partial charge in [0.15, 0.2) is 0 Å². The second kappa shape index (κ2) is 4.25. The fourth-order valence-electron chi connectivity index (χ4n) is 2.57. The summed E-state index contributed by atoms with van der Waals surface area (Å²) in [6.45, 7) is 4.11. The van der Waals surface area contributed by atoms with Gasteiger partial charge in [0.25, 0.3) is 0 Å². The number of thioether (sulfide) groups is 1. The van der Waals surface area contributed by atoms with Gasteiger partial charge in [-0.3, -0.25) is 0 Å². The number of fused-ring (bicyclic) bond motifs is 1. The van der Waals surface area contributed by atoms with Crippen LogP contribution in [0.25, 0.3) is 11.0 Å². The van der Waals surface area contributed by atoms with Crippen molar-refractivity contribution in [2.45, 2.75) is 25.9 Å². The molecule has 1 aromatic carbocycles. The highest BCUT2D eigenvalue weighted by molar-refractivity contribution is 7.99. The summed E-state index contributed by atoms with van der Waals surface area (Å²) in [5, 5.41) is 11.7. The molecule has 0 bridgehead atoms. The summed E-state index contributed by atoms with van der Waals surface area (Å²) < 4.78 is 19.0. The number of benzene rings is 1. The molecule has 1 saturated heterocycles. The van der Waals surface area contributed by atoms with Crippen LogP contribution in [0.15, 0.2) is 28.7 Å². The molecule has 2 nitrogen and oxygen atoms in total. The van der Waals surface area contributed by atoms with Crippen LogP contribution in [0.5, 0.6) is 0 Å². The Morgan fingerprint density at radius 1 is 1.32 bits per heavy atom. The summed E-state index contributed by atoms with van der Waals surface area (Å²) in [6.07, 6.45) is 0.930. The first kappa shape index (κ1) is 13.0. The highest BCUT2D eigenvalue weighted by atomic mass is 32.2. The number of furan rings is 1. The van der Waals surface area contributed by atoms with Crippen LogP contribution in [0.4, 0.5) is 4.39 Å². The predicted octanol–water partition coefficient (Wildman–Crippen LogP) is 3.92. The zero-order valence-electron chi connectivity index (χ0n) is 11.1. The maximum absolute atomic E-state index is 13.2. The van der Waals surface area contributed by atoms with Crippen LogP contribution in [-0.4, -0.2) is 16.6 Å². The average molecular weight is 280 g/mol. The molecule has 102 valence electrons. The molecule has 0 amide bonds.